The van der Waals surface area contributed by atoms with Gasteiger partial charge in [0, 0.05) is 23.7 Å². The van der Waals surface area contributed by atoms with E-state index in [1.807, 2.05) is 26.0 Å². The first-order valence-corrected chi connectivity index (χ1v) is 11.6. The number of likely N-dealkylation sites (tertiary alicyclic amines) is 1. The number of nitrogens with zero attached hydrogens (tertiary/aromatic N) is 1. The summed E-state index contributed by atoms with van der Waals surface area (Å²) in [4.78, 5) is 26.2. The third kappa shape index (κ3) is 6.84. The minimum Gasteiger partial charge on any atom is -0.351 e. The number of carbonyl (C=O) groups is 2. The van der Waals surface area contributed by atoms with Crippen molar-refractivity contribution in [3.05, 3.63) is 65.7 Å². The van der Waals surface area contributed by atoms with Crippen molar-refractivity contribution in [1.82, 2.24) is 10.2 Å². The predicted octanol–water partition coefficient (Wildman–Crippen LogP) is 4.76. The molecule has 2 amide bonds. The molecular weight excluding hydrogens is 424 g/mol. The summed E-state index contributed by atoms with van der Waals surface area (Å²) in [6.07, 6.45) is 2.62. The molecule has 0 aliphatic carbocycles. The highest BCUT2D eigenvalue weighted by Gasteiger charge is 2.40. The maximum Gasteiger partial charge on any atom is 0.349 e. The van der Waals surface area contributed by atoms with Crippen LogP contribution in [0.15, 0.2) is 54.6 Å². The van der Waals surface area contributed by atoms with Crippen LogP contribution >= 0.6 is 0 Å². The fourth-order valence-electron chi connectivity index (χ4n) is 4.04. The highest BCUT2D eigenvalue weighted by atomic mass is 19.3. The van der Waals surface area contributed by atoms with Crippen molar-refractivity contribution in [2.45, 2.75) is 45.0 Å². The molecule has 1 heterocycles. The van der Waals surface area contributed by atoms with E-state index < -0.39 is 11.8 Å². The van der Waals surface area contributed by atoms with E-state index in [1.54, 1.807) is 6.07 Å². The molecule has 1 aliphatic rings. The van der Waals surface area contributed by atoms with Gasteiger partial charge in [-0.15, -0.1) is 0 Å². The standard InChI is InChI=1S/C26H33F2N3O2/c1-19(2)24(32)30-23-11-6-8-21(18-23)20-12-16-31(17-13-20)15-7-14-29-25(33)26(27,28)22-9-4-3-5-10-22/h3-6,8-11,18-20H,7,12-17H2,1-2H3,(H,29,33)(H,30,32). The van der Waals surface area contributed by atoms with Gasteiger partial charge in [-0.1, -0.05) is 56.3 Å². The van der Waals surface area contributed by atoms with E-state index in [4.69, 9.17) is 0 Å². The summed E-state index contributed by atoms with van der Waals surface area (Å²) in [7, 11) is 0. The minimum absolute atomic E-state index is 0.00981. The third-order valence-corrected chi connectivity index (χ3v) is 6.10. The summed E-state index contributed by atoms with van der Waals surface area (Å²) in [5.74, 6) is -4.40. The van der Waals surface area contributed by atoms with E-state index in [0.29, 0.717) is 12.3 Å². The molecule has 1 aliphatic heterocycles. The van der Waals surface area contributed by atoms with Crippen LogP contribution in [-0.2, 0) is 15.5 Å². The summed E-state index contributed by atoms with van der Waals surface area (Å²) in [5.41, 5.74) is 1.76. The molecule has 5 nitrogen and oxygen atoms in total. The van der Waals surface area contributed by atoms with Gasteiger partial charge in [0.15, 0.2) is 0 Å². The van der Waals surface area contributed by atoms with Crippen LogP contribution in [0.3, 0.4) is 0 Å². The largest absolute Gasteiger partial charge is 0.351 e. The number of benzene rings is 2. The summed E-state index contributed by atoms with van der Waals surface area (Å²) in [6.45, 7) is 6.56. The summed E-state index contributed by atoms with van der Waals surface area (Å²) >= 11 is 0. The molecule has 0 bridgehead atoms. The molecular formula is C26H33F2N3O2. The monoisotopic (exact) mass is 457 g/mol. The lowest BCUT2D eigenvalue weighted by molar-refractivity contribution is -0.147. The lowest BCUT2D eigenvalue weighted by Crippen LogP contribution is -2.40. The predicted molar refractivity (Wildman–Crippen MR) is 126 cm³/mol. The Morgan fingerprint density at radius 3 is 2.42 bits per heavy atom. The second-order valence-electron chi connectivity index (χ2n) is 8.94. The lowest BCUT2D eigenvalue weighted by atomic mass is 9.89. The number of piperidine rings is 1. The Bertz CT molecular complexity index is 926. The van der Waals surface area contributed by atoms with Crippen LogP contribution in [0.5, 0.6) is 0 Å². The van der Waals surface area contributed by atoms with Gasteiger partial charge in [-0.2, -0.15) is 8.78 Å². The molecule has 2 N–H and O–H groups in total. The van der Waals surface area contributed by atoms with Crippen molar-refractivity contribution in [2.24, 2.45) is 5.92 Å². The van der Waals surface area contributed by atoms with Gasteiger partial charge in [0.05, 0.1) is 0 Å². The van der Waals surface area contributed by atoms with Gasteiger partial charge >= 0.3 is 5.92 Å². The fraction of sp³-hybridized carbons (Fsp3) is 0.462. The van der Waals surface area contributed by atoms with Crippen LogP contribution in [0.1, 0.15) is 50.2 Å². The molecule has 3 rings (SSSR count). The minimum atomic E-state index is -3.53. The van der Waals surface area contributed by atoms with Gasteiger partial charge in [-0.05, 0) is 62.5 Å². The van der Waals surface area contributed by atoms with Gasteiger partial charge in [0.1, 0.15) is 0 Å². The van der Waals surface area contributed by atoms with Crippen molar-refractivity contribution >= 4 is 17.5 Å². The molecule has 2 aromatic rings. The van der Waals surface area contributed by atoms with E-state index in [2.05, 4.69) is 27.7 Å². The highest BCUT2D eigenvalue weighted by Crippen LogP contribution is 2.30. The Morgan fingerprint density at radius 1 is 1.06 bits per heavy atom. The zero-order valence-corrected chi connectivity index (χ0v) is 19.3. The Hall–Kier alpha value is -2.80. The van der Waals surface area contributed by atoms with E-state index in [-0.39, 0.29) is 23.9 Å². The molecule has 33 heavy (non-hydrogen) atoms. The number of carbonyl (C=O) groups excluding carboxylic acids is 2. The molecule has 0 saturated carbocycles. The second-order valence-corrected chi connectivity index (χ2v) is 8.94. The Labute approximate surface area is 194 Å². The first-order chi connectivity index (χ1) is 15.8. The normalized spacial score (nSPS) is 15.4. The number of amides is 2. The summed E-state index contributed by atoms with van der Waals surface area (Å²) in [6, 6.07) is 15.2. The molecule has 7 heteroatoms. The first kappa shape index (κ1) is 24.8. The van der Waals surface area contributed by atoms with Crippen molar-refractivity contribution < 1.29 is 18.4 Å². The van der Waals surface area contributed by atoms with Crippen LogP contribution in [0.4, 0.5) is 14.5 Å². The van der Waals surface area contributed by atoms with E-state index in [0.717, 1.165) is 38.2 Å². The van der Waals surface area contributed by atoms with Crippen LogP contribution < -0.4 is 10.6 Å². The number of hydrogen-bond acceptors (Lipinski definition) is 3. The maximum atomic E-state index is 14.2. The van der Waals surface area contributed by atoms with Crippen molar-refractivity contribution in [1.29, 1.82) is 0 Å². The van der Waals surface area contributed by atoms with Crippen molar-refractivity contribution in [2.75, 3.05) is 31.5 Å². The molecule has 1 saturated heterocycles. The van der Waals surface area contributed by atoms with Gasteiger partial charge in [0.2, 0.25) is 5.91 Å². The molecule has 0 radical (unpaired) electrons. The average molecular weight is 458 g/mol. The number of anilines is 1. The topological polar surface area (TPSA) is 61.4 Å². The summed E-state index contributed by atoms with van der Waals surface area (Å²) in [5, 5.41) is 5.33. The molecule has 0 atom stereocenters. The van der Waals surface area contributed by atoms with Crippen LogP contribution in [0.25, 0.3) is 0 Å². The van der Waals surface area contributed by atoms with Crippen molar-refractivity contribution in [3.63, 3.8) is 0 Å². The van der Waals surface area contributed by atoms with Crippen molar-refractivity contribution in [3.8, 4) is 0 Å². The van der Waals surface area contributed by atoms with Gasteiger partial charge in [-0.25, -0.2) is 0 Å². The first-order valence-electron chi connectivity index (χ1n) is 11.6. The molecule has 0 spiro atoms. The third-order valence-electron chi connectivity index (χ3n) is 6.10. The zero-order chi connectivity index (χ0) is 23.8. The van der Waals surface area contributed by atoms with Gasteiger partial charge < -0.3 is 15.5 Å². The van der Waals surface area contributed by atoms with Crippen LogP contribution in [-0.4, -0.2) is 42.9 Å². The molecule has 1 fully saturated rings. The smallest absolute Gasteiger partial charge is 0.349 e. The molecule has 2 aromatic carbocycles. The number of halogens is 2. The lowest BCUT2D eigenvalue weighted by Gasteiger charge is -2.32. The number of rotatable bonds is 9. The second kappa shape index (κ2) is 11.4. The van der Waals surface area contributed by atoms with Gasteiger partial charge in [0.25, 0.3) is 5.91 Å². The SMILES string of the molecule is CC(C)C(=O)Nc1cccc(C2CCN(CCCNC(=O)C(F)(F)c3ccccc3)CC2)c1. The van der Waals surface area contributed by atoms with E-state index in [9.17, 15) is 18.4 Å². The Kier molecular flexibility index (Phi) is 8.55. The Balaban J connectivity index is 1.40. The average Bonchev–Trinajstić information content (AvgIpc) is 2.82. The Morgan fingerprint density at radius 2 is 1.76 bits per heavy atom. The van der Waals surface area contributed by atoms with E-state index in [1.165, 1.54) is 29.8 Å². The number of hydrogen-bond donors (Lipinski definition) is 2. The maximum absolute atomic E-state index is 14.2. The zero-order valence-electron chi connectivity index (χ0n) is 19.3. The van der Waals surface area contributed by atoms with Crippen LogP contribution in [0, 0.1) is 5.92 Å². The molecule has 0 unspecified atom stereocenters. The van der Waals surface area contributed by atoms with Gasteiger partial charge in [-0.3, -0.25) is 9.59 Å². The highest BCUT2D eigenvalue weighted by molar-refractivity contribution is 5.92. The summed E-state index contributed by atoms with van der Waals surface area (Å²) < 4.78 is 28.5. The number of alkyl halides is 2. The van der Waals surface area contributed by atoms with E-state index >= 15 is 0 Å². The van der Waals surface area contributed by atoms with Crippen LogP contribution in [0.2, 0.25) is 0 Å². The fourth-order valence-corrected chi connectivity index (χ4v) is 4.04. The quantitative estimate of drug-likeness (QED) is 0.534. The number of nitrogens with one attached hydrogen (secondary N) is 2. The molecule has 178 valence electrons. The molecule has 0 aromatic heterocycles.